The van der Waals surface area contributed by atoms with Crippen LogP contribution in [0.4, 0.5) is 21.8 Å². The Balaban J connectivity index is 1.07. The van der Waals surface area contributed by atoms with Crippen molar-refractivity contribution in [2.75, 3.05) is 54.1 Å². The molecule has 4 aromatic rings. The molecule has 0 spiro atoms. The quantitative estimate of drug-likeness (QED) is 0.282. The topological polar surface area (TPSA) is 155 Å². The molecule has 0 bridgehead atoms. The van der Waals surface area contributed by atoms with Crippen molar-refractivity contribution in [2.45, 2.75) is 24.1 Å². The summed E-state index contributed by atoms with van der Waals surface area (Å²) in [5.41, 5.74) is 8.07. The highest BCUT2D eigenvalue weighted by Gasteiger charge is 2.54. The summed E-state index contributed by atoms with van der Waals surface area (Å²) < 4.78 is 45.6. The van der Waals surface area contributed by atoms with Gasteiger partial charge < -0.3 is 30.6 Å². The zero-order valence-corrected chi connectivity index (χ0v) is 23.2. The molecular formula is C27H30FN9O3S. The van der Waals surface area contributed by atoms with Gasteiger partial charge in [-0.1, -0.05) is 0 Å². The molecule has 214 valence electrons. The Morgan fingerprint density at radius 3 is 2.51 bits per heavy atom. The fourth-order valence-electron chi connectivity index (χ4n) is 6.25. The van der Waals surface area contributed by atoms with Gasteiger partial charge in [0.15, 0.2) is 15.6 Å². The number of halogens is 1. The summed E-state index contributed by atoms with van der Waals surface area (Å²) in [4.78, 5) is 25.5. The number of benzene rings is 1. The van der Waals surface area contributed by atoms with E-state index in [1.54, 1.807) is 7.05 Å². The molecule has 0 amide bonds. The van der Waals surface area contributed by atoms with Crippen LogP contribution < -0.4 is 25.6 Å². The smallest absolute Gasteiger partial charge is 0.326 e. The molecule has 4 N–H and O–H groups in total. The van der Waals surface area contributed by atoms with Crippen LogP contribution in [0.15, 0.2) is 24.5 Å². The molecule has 12 nitrogen and oxygen atoms in total. The number of H-pyrrole nitrogens is 1. The standard InChI is InChI=1S/C27H30FN9O3S/c1-30-20-5-14(28)4-17-21-24(33-23(17)20)34-27(35-25(21)36-10-18-19(11-36)22(18)29)40-15-6-31-26(32-7-15)37-8-16(9-37)41(38,39)12-13-2-3-13/h4-7,13,16,18-19,22,30H,2-3,8-12,29H2,1H3,(H,33,34,35). The molecular weight excluding hydrogens is 549 g/mol. The van der Waals surface area contributed by atoms with Gasteiger partial charge in [-0.15, -0.1) is 0 Å². The van der Waals surface area contributed by atoms with Gasteiger partial charge in [-0.05, 0) is 42.7 Å². The minimum Gasteiger partial charge on any atom is -0.421 e. The number of piperidine rings is 1. The lowest BCUT2D eigenvalue weighted by molar-refractivity contribution is 0.439. The molecule has 5 heterocycles. The van der Waals surface area contributed by atoms with E-state index in [9.17, 15) is 12.8 Å². The zero-order valence-electron chi connectivity index (χ0n) is 22.4. The molecule has 0 radical (unpaired) electrons. The predicted molar refractivity (Wildman–Crippen MR) is 153 cm³/mol. The van der Waals surface area contributed by atoms with Crippen LogP contribution in [-0.4, -0.2) is 83.6 Å². The number of rotatable bonds is 8. The van der Waals surface area contributed by atoms with Crippen LogP contribution in [0.5, 0.6) is 11.8 Å². The average molecular weight is 580 g/mol. The molecule has 4 fully saturated rings. The van der Waals surface area contributed by atoms with E-state index < -0.39 is 9.84 Å². The minimum absolute atomic E-state index is 0.113. The van der Waals surface area contributed by atoms with E-state index in [1.807, 2.05) is 4.90 Å². The summed E-state index contributed by atoms with van der Waals surface area (Å²) in [5, 5.41) is 4.11. The van der Waals surface area contributed by atoms with Gasteiger partial charge >= 0.3 is 6.01 Å². The van der Waals surface area contributed by atoms with Crippen LogP contribution in [0, 0.1) is 23.6 Å². The van der Waals surface area contributed by atoms with Crippen molar-refractivity contribution in [1.29, 1.82) is 0 Å². The fourth-order valence-corrected chi connectivity index (χ4v) is 8.33. The van der Waals surface area contributed by atoms with Gasteiger partial charge in [0.1, 0.15) is 17.3 Å². The van der Waals surface area contributed by atoms with E-state index in [1.165, 1.54) is 24.5 Å². The minimum atomic E-state index is -3.08. The number of nitrogens with two attached hydrogens (primary N) is 1. The van der Waals surface area contributed by atoms with Crippen LogP contribution in [-0.2, 0) is 9.84 Å². The number of hydrogen-bond acceptors (Lipinski definition) is 11. The molecule has 14 heteroatoms. The first-order valence-corrected chi connectivity index (χ1v) is 15.7. The Morgan fingerprint density at radius 2 is 1.83 bits per heavy atom. The van der Waals surface area contributed by atoms with E-state index in [-0.39, 0.29) is 23.1 Å². The maximum Gasteiger partial charge on any atom is 0.326 e. The molecule has 2 aliphatic heterocycles. The lowest BCUT2D eigenvalue weighted by atomic mass is 10.1. The van der Waals surface area contributed by atoms with Crippen LogP contribution in [0.25, 0.3) is 21.9 Å². The highest BCUT2D eigenvalue weighted by Crippen LogP contribution is 2.47. The third-order valence-electron chi connectivity index (χ3n) is 8.94. The second-order valence-corrected chi connectivity index (χ2v) is 14.1. The van der Waals surface area contributed by atoms with Gasteiger partial charge in [-0.2, -0.15) is 9.97 Å². The number of aromatic amines is 1. The van der Waals surface area contributed by atoms with Crippen LogP contribution in [0.3, 0.4) is 0 Å². The van der Waals surface area contributed by atoms with Gasteiger partial charge in [0, 0.05) is 44.7 Å². The Morgan fingerprint density at radius 1 is 1.10 bits per heavy atom. The number of hydrogen-bond donors (Lipinski definition) is 3. The molecule has 2 aliphatic carbocycles. The lowest BCUT2D eigenvalue weighted by Gasteiger charge is -2.38. The van der Waals surface area contributed by atoms with Crippen molar-refractivity contribution < 1.29 is 17.5 Å². The van der Waals surface area contributed by atoms with Crippen molar-refractivity contribution in [2.24, 2.45) is 23.5 Å². The Bertz CT molecular complexity index is 1780. The number of aromatic nitrogens is 5. The summed E-state index contributed by atoms with van der Waals surface area (Å²) in [6, 6.07) is 3.26. The summed E-state index contributed by atoms with van der Waals surface area (Å²) in [6.45, 7) is 2.33. The van der Waals surface area contributed by atoms with Gasteiger partial charge in [-0.3, -0.25) is 0 Å². The van der Waals surface area contributed by atoms with Crippen molar-refractivity contribution >= 4 is 49.2 Å². The van der Waals surface area contributed by atoms with Crippen molar-refractivity contribution in [3.63, 3.8) is 0 Å². The van der Waals surface area contributed by atoms with E-state index in [2.05, 4.69) is 30.2 Å². The van der Waals surface area contributed by atoms with Crippen LogP contribution >= 0.6 is 0 Å². The van der Waals surface area contributed by atoms with E-state index >= 15 is 0 Å². The summed E-state index contributed by atoms with van der Waals surface area (Å²) in [6.07, 6.45) is 5.10. The highest BCUT2D eigenvalue weighted by atomic mass is 32.2. The SMILES string of the molecule is CNc1cc(F)cc2c1[nH]c1nc(Oc3cnc(N4CC(S(=O)(=O)CC5CC5)C4)nc3)nc(N3CC4C(N)C4C3)c12. The monoisotopic (exact) mass is 579 g/mol. The summed E-state index contributed by atoms with van der Waals surface area (Å²) in [5.74, 6) is 2.59. The third kappa shape index (κ3) is 4.22. The Labute approximate surface area is 235 Å². The molecule has 1 aromatic carbocycles. The van der Waals surface area contributed by atoms with Crippen molar-refractivity contribution in [3.8, 4) is 11.8 Å². The number of nitrogens with one attached hydrogen (secondary N) is 2. The van der Waals surface area contributed by atoms with Gasteiger partial charge in [0.2, 0.25) is 5.95 Å². The largest absolute Gasteiger partial charge is 0.421 e. The number of sulfone groups is 1. The van der Waals surface area contributed by atoms with E-state index in [0.29, 0.717) is 70.8 Å². The first-order valence-electron chi connectivity index (χ1n) is 13.9. The molecule has 41 heavy (non-hydrogen) atoms. The zero-order chi connectivity index (χ0) is 28.0. The maximum atomic E-state index is 14.5. The Kier molecular flexibility index (Phi) is 5.39. The number of anilines is 3. The third-order valence-corrected chi connectivity index (χ3v) is 11.2. The van der Waals surface area contributed by atoms with Crippen molar-refractivity contribution in [1.82, 2.24) is 24.9 Å². The number of fused-ring (bicyclic) bond motifs is 4. The van der Waals surface area contributed by atoms with Crippen LogP contribution in [0.2, 0.25) is 0 Å². The van der Waals surface area contributed by atoms with Crippen LogP contribution in [0.1, 0.15) is 12.8 Å². The second kappa shape index (κ2) is 8.86. The van der Waals surface area contributed by atoms with Gasteiger partial charge in [-0.25, -0.2) is 22.8 Å². The summed E-state index contributed by atoms with van der Waals surface area (Å²) >= 11 is 0. The fraction of sp³-hybridized carbons (Fsp3) is 0.481. The molecule has 2 saturated heterocycles. The van der Waals surface area contributed by atoms with E-state index in [4.69, 9.17) is 15.5 Å². The van der Waals surface area contributed by atoms with Gasteiger partial charge in [0.25, 0.3) is 0 Å². The maximum absolute atomic E-state index is 14.5. The first kappa shape index (κ1) is 25.0. The normalized spacial score (nSPS) is 24.1. The molecule has 2 unspecified atom stereocenters. The average Bonchev–Trinajstić information content (AvgIpc) is 3.71. The summed E-state index contributed by atoms with van der Waals surface area (Å²) in [7, 11) is -1.33. The second-order valence-electron chi connectivity index (χ2n) is 11.7. The van der Waals surface area contributed by atoms with E-state index in [0.717, 1.165) is 36.8 Å². The Hall–Kier alpha value is -3.78. The molecule has 4 aliphatic rings. The lowest BCUT2D eigenvalue weighted by Crippen LogP contribution is -2.56. The van der Waals surface area contributed by atoms with Gasteiger partial charge in [0.05, 0.1) is 40.0 Å². The number of ether oxygens (including phenoxy) is 1. The molecule has 3 aromatic heterocycles. The van der Waals surface area contributed by atoms with Crippen molar-refractivity contribution in [3.05, 3.63) is 30.3 Å². The highest BCUT2D eigenvalue weighted by molar-refractivity contribution is 7.92. The predicted octanol–water partition coefficient (Wildman–Crippen LogP) is 2.28. The molecule has 2 atom stereocenters. The molecule has 8 rings (SSSR count). The first-order chi connectivity index (χ1) is 19.8. The molecule has 2 saturated carbocycles. The number of nitrogens with zero attached hydrogens (tertiary/aromatic N) is 6.